The van der Waals surface area contributed by atoms with Gasteiger partial charge in [0.25, 0.3) is 0 Å². The number of aliphatic imine (C=N–C) groups is 1. The van der Waals surface area contributed by atoms with Crippen molar-refractivity contribution < 1.29 is 0 Å². The van der Waals surface area contributed by atoms with Crippen molar-refractivity contribution in [1.82, 2.24) is 15.6 Å². The second-order valence-corrected chi connectivity index (χ2v) is 6.88. The van der Waals surface area contributed by atoms with Crippen molar-refractivity contribution in [2.75, 3.05) is 13.6 Å². The highest BCUT2D eigenvalue weighted by atomic mass is 127. The van der Waals surface area contributed by atoms with Crippen LogP contribution in [0.5, 0.6) is 0 Å². The summed E-state index contributed by atoms with van der Waals surface area (Å²) in [6.07, 6.45) is 7.16. The number of halogens is 1. The predicted octanol–water partition coefficient (Wildman–Crippen LogP) is 3.61. The fourth-order valence-electron chi connectivity index (χ4n) is 2.73. The number of aromatic nitrogens is 1. The molecule has 0 saturated heterocycles. The van der Waals surface area contributed by atoms with Crippen LogP contribution in [-0.2, 0) is 12.8 Å². The van der Waals surface area contributed by atoms with Gasteiger partial charge in [0.15, 0.2) is 5.96 Å². The van der Waals surface area contributed by atoms with Crippen LogP contribution in [0.2, 0.25) is 0 Å². The van der Waals surface area contributed by atoms with Crippen LogP contribution in [0.25, 0.3) is 0 Å². The summed E-state index contributed by atoms with van der Waals surface area (Å²) in [7, 11) is 1.85. The van der Waals surface area contributed by atoms with E-state index in [9.17, 15) is 0 Å². The van der Waals surface area contributed by atoms with E-state index in [-0.39, 0.29) is 24.0 Å². The van der Waals surface area contributed by atoms with Crippen LogP contribution < -0.4 is 10.6 Å². The zero-order valence-corrected chi connectivity index (χ0v) is 17.0. The molecule has 1 fully saturated rings. The molecule has 1 saturated carbocycles. The van der Waals surface area contributed by atoms with Crippen LogP contribution in [-0.4, -0.2) is 30.6 Å². The number of rotatable bonds is 5. The van der Waals surface area contributed by atoms with Gasteiger partial charge < -0.3 is 10.6 Å². The first-order chi connectivity index (χ1) is 10.2. The predicted molar refractivity (Wildman–Crippen MR) is 107 cm³/mol. The van der Waals surface area contributed by atoms with Crippen molar-refractivity contribution in [3.63, 3.8) is 0 Å². The number of guanidine groups is 1. The number of nitrogens with zero attached hydrogens (tertiary/aromatic N) is 2. The largest absolute Gasteiger partial charge is 0.356 e. The maximum Gasteiger partial charge on any atom is 0.191 e. The summed E-state index contributed by atoms with van der Waals surface area (Å²) < 4.78 is 0. The van der Waals surface area contributed by atoms with Crippen LogP contribution in [0.15, 0.2) is 10.4 Å². The van der Waals surface area contributed by atoms with Gasteiger partial charge in [-0.3, -0.25) is 4.99 Å². The molecule has 0 atom stereocenters. The number of aryl methyl sites for hydroxylation is 1. The summed E-state index contributed by atoms with van der Waals surface area (Å²) in [6.45, 7) is 5.38. The van der Waals surface area contributed by atoms with E-state index in [1.54, 1.807) is 11.3 Å². The molecule has 0 bridgehead atoms. The second-order valence-electron chi connectivity index (χ2n) is 5.94. The molecule has 4 nitrogen and oxygen atoms in total. The van der Waals surface area contributed by atoms with Gasteiger partial charge in [-0.15, -0.1) is 35.3 Å². The first kappa shape index (κ1) is 19.7. The molecule has 0 amide bonds. The molecule has 0 aliphatic heterocycles. The Morgan fingerprint density at radius 3 is 2.68 bits per heavy atom. The van der Waals surface area contributed by atoms with E-state index in [1.807, 2.05) is 7.05 Å². The van der Waals surface area contributed by atoms with E-state index in [2.05, 4.69) is 39.8 Å². The quantitative estimate of drug-likeness (QED) is 0.421. The van der Waals surface area contributed by atoms with Gasteiger partial charge in [0, 0.05) is 31.4 Å². The van der Waals surface area contributed by atoms with Crippen LogP contribution in [0.4, 0.5) is 0 Å². The van der Waals surface area contributed by atoms with E-state index >= 15 is 0 Å². The number of hydrogen-bond acceptors (Lipinski definition) is 3. The van der Waals surface area contributed by atoms with Gasteiger partial charge in [-0.25, -0.2) is 4.98 Å². The Morgan fingerprint density at radius 1 is 1.36 bits per heavy atom. The van der Waals surface area contributed by atoms with Crippen molar-refractivity contribution >= 4 is 41.3 Å². The van der Waals surface area contributed by atoms with Crippen LogP contribution in [0.3, 0.4) is 0 Å². The van der Waals surface area contributed by atoms with Gasteiger partial charge in [-0.2, -0.15) is 0 Å². The molecule has 1 aliphatic carbocycles. The van der Waals surface area contributed by atoms with Crippen molar-refractivity contribution in [1.29, 1.82) is 0 Å². The summed E-state index contributed by atoms with van der Waals surface area (Å²) in [4.78, 5) is 8.92. The number of nitrogens with one attached hydrogen (secondary N) is 2. The molecule has 2 rings (SSSR count). The molecule has 126 valence electrons. The van der Waals surface area contributed by atoms with Crippen molar-refractivity contribution in [3.05, 3.63) is 16.1 Å². The highest BCUT2D eigenvalue weighted by Gasteiger charge is 2.18. The first-order valence-electron chi connectivity index (χ1n) is 8.11. The Kier molecular flexibility index (Phi) is 9.31. The van der Waals surface area contributed by atoms with E-state index in [0.717, 1.165) is 31.3 Å². The SMILES string of the molecule is CCc1nc(CCNC(=NC)NC2CCC(C)CC2)cs1.I. The summed E-state index contributed by atoms with van der Waals surface area (Å²) in [5, 5.41) is 10.3. The van der Waals surface area contributed by atoms with Gasteiger partial charge in [-0.05, 0) is 38.0 Å². The molecule has 1 aromatic heterocycles. The van der Waals surface area contributed by atoms with E-state index < -0.39 is 0 Å². The Hall–Kier alpha value is -0.370. The molecule has 2 N–H and O–H groups in total. The first-order valence-corrected chi connectivity index (χ1v) is 8.99. The molecule has 1 aliphatic rings. The average molecular weight is 436 g/mol. The lowest BCUT2D eigenvalue weighted by atomic mass is 9.87. The Labute approximate surface area is 155 Å². The van der Waals surface area contributed by atoms with E-state index in [0.29, 0.717) is 6.04 Å². The molecule has 6 heteroatoms. The molecular weight excluding hydrogens is 407 g/mol. The standard InChI is InChI=1S/C16H28N4S.HI/c1-4-15-19-14(11-21-15)9-10-18-16(17-3)20-13-7-5-12(2)6-8-13;/h11-13H,4-10H2,1-3H3,(H2,17,18,20);1H. The summed E-state index contributed by atoms with van der Waals surface area (Å²) in [6, 6.07) is 0.582. The van der Waals surface area contributed by atoms with Crippen molar-refractivity contribution in [2.45, 2.75) is 58.4 Å². The Balaban J connectivity index is 0.00000242. The van der Waals surface area contributed by atoms with Gasteiger partial charge >= 0.3 is 0 Å². The third kappa shape index (κ3) is 6.40. The molecule has 0 aromatic carbocycles. The maximum absolute atomic E-state index is 4.59. The fraction of sp³-hybridized carbons (Fsp3) is 0.750. The van der Waals surface area contributed by atoms with Crippen LogP contribution in [0, 0.1) is 5.92 Å². The van der Waals surface area contributed by atoms with Gasteiger partial charge in [0.1, 0.15) is 0 Å². The molecule has 0 spiro atoms. The molecule has 1 heterocycles. The highest BCUT2D eigenvalue weighted by molar-refractivity contribution is 14.0. The average Bonchev–Trinajstić information content (AvgIpc) is 2.96. The van der Waals surface area contributed by atoms with E-state index in [4.69, 9.17) is 0 Å². The monoisotopic (exact) mass is 436 g/mol. The van der Waals surface area contributed by atoms with Gasteiger partial charge in [0.2, 0.25) is 0 Å². The second kappa shape index (κ2) is 10.4. The lowest BCUT2D eigenvalue weighted by molar-refractivity contribution is 0.329. The van der Waals surface area contributed by atoms with Gasteiger partial charge in [0.05, 0.1) is 10.7 Å². The summed E-state index contributed by atoms with van der Waals surface area (Å²) >= 11 is 1.76. The lowest BCUT2D eigenvalue weighted by Crippen LogP contribution is -2.45. The lowest BCUT2D eigenvalue weighted by Gasteiger charge is -2.28. The molecule has 1 aromatic rings. The summed E-state index contributed by atoms with van der Waals surface area (Å²) in [5.41, 5.74) is 1.19. The van der Waals surface area contributed by atoms with Crippen LogP contribution >= 0.6 is 35.3 Å². The molecule has 0 radical (unpaired) electrons. The Morgan fingerprint density at radius 2 is 2.09 bits per heavy atom. The molecular formula is C16H29IN4S. The maximum atomic E-state index is 4.59. The summed E-state index contributed by atoms with van der Waals surface area (Å²) in [5.74, 6) is 1.82. The fourth-order valence-corrected chi connectivity index (χ4v) is 3.51. The minimum Gasteiger partial charge on any atom is -0.356 e. The zero-order valence-electron chi connectivity index (χ0n) is 13.9. The normalized spacial score (nSPS) is 22.0. The minimum atomic E-state index is 0. The molecule has 0 unspecified atom stereocenters. The Bertz CT molecular complexity index is 453. The topological polar surface area (TPSA) is 49.3 Å². The number of thiazole rings is 1. The zero-order chi connectivity index (χ0) is 15.1. The van der Waals surface area contributed by atoms with Crippen molar-refractivity contribution in [3.8, 4) is 0 Å². The van der Waals surface area contributed by atoms with E-state index in [1.165, 1.54) is 36.4 Å². The third-order valence-corrected chi connectivity index (χ3v) is 5.20. The van der Waals surface area contributed by atoms with Gasteiger partial charge in [-0.1, -0.05) is 13.8 Å². The smallest absolute Gasteiger partial charge is 0.191 e. The number of hydrogen-bond donors (Lipinski definition) is 2. The van der Waals surface area contributed by atoms with Crippen molar-refractivity contribution in [2.24, 2.45) is 10.9 Å². The highest BCUT2D eigenvalue weighted by Crippen LogP contribution is 2.23. The molecule has 22 heavy (non-hydrogen) atoms. The minimum absolute atomic E-state index is 0. The van der Waals surface area contributed by atoms with Crippen LogP contribution in [0.1, 0.15) is 50.2 Å². The third-order valence-electron chi connectivity index (χ3n) is 4.16.